The van der Waals surface area contributed by atoms with Gasteiger partial charge in [-0.15, -0.1) is 0 Å². The van der Waals surface area contributed by atoms with Crippen LogP contribution >= 0.6 is 0 Å². The molecule has 2 heterocycles. The van der Waals surface area contributed by atoms with E-state index in [2.05, 4.69) is 9.97 Å². The highest BCUT2D eigenvalue weighted by Crippen LogP contribution is 2.22. The van der Waals surface area contributed by atoms with Gasteiger partial charge in [0, 0.05) is 18.7 Å². The third-order valence-corrected chi connectivity index (χ3v) is 4.00. The quantitative estimate of drug-likeness (QED) is 0.814. The maximum absolute atomic E-state index is 12.0. The summed E-state index contributed by atoms with van der Waals surface area (Å²) >= 11 is 0. The van der Waals surface area contributed by atoms with E-state index in [9.17, 15) is 9.59 Å². The lowest BCUT2D eigenvalue weighted by molar-refractivity contribution is -0.141. The molecule has 6 heteroatoms. The zero-order valence-corrected chi connectivity index (χ0v) is 10.7. The van der Waals surface area contributed by atoms with E-state index >= 15 is 0 Å². The molecular weight excluding hydrogens is 246 g/mol. The van der Waals surface area contributed by atoms with Gasteiger partial charge in [0.15, 0.2) is 0 Å². The van der Waals surface area contributed by atoms with Crippen LogP contribution in [0.1, 0.15) is 30.5 Å². The van der Waals surface area contributed by atoms with Crippen LogP contribution in [-0.4, -0.2) is 34.1 Å². The van der Waals surface area contributed by atoms with Gasteiger partial charge in [-0.05, 0) is 32.1 Å². The average molecular weight is 263 g/mol. The number of fused-ring (bicyclic) bond motifs is 1. The van der Waals surface area contributed by atoms with Crippen LogP contribution in [0.4, 0.5) is 5.95 Å². The highest BCUT2D eigenvalue weighted by molar-refractivity contribution is 5.71. The molecule has 0 amide bonds. The van der Waals surface area contributed by atoms with Crippen molar-refractivity contribution in [3.8, 4) is 0 Å². The smallest absolute Gasteiger partial charge is 0.308 e. The fourth-order valence-corrected chi connectivity index (χ4v) is 2.95. The van der Waals surface area contributed by atoms with Crippen molar-refractivity contribution in [3.63, 3.8) is 0 Å². The maximum atomic E-state index is 12.0. The van der Waals surface area contributed by atoms with E-state index in [1.807, 2.05) is 4.90 Å². The molecular formula is C13H17N3O3. The zero-order valence-electron chi connectivity index (χ0n) is 10.7. The Morgan fingerprint density at radius 3 is 3.00 bits per heavy atom. The number of hydrogen-bond acceptors (Lipinski definition) is 4. The number of nitrogens with one attached hydrogen (secondary N) is 1. The third-order valence-electron chi connectivity index (χ3n) is 4.00. The molecule has 0 spiro atoms. The molecule has 0 unspecified atom stereocenters. The van der Waals surface area contributed by atoms with Crippen LogP contribution in [0.25, 0.3) is 0 Å². The predicted octanol–water partition coefficient (Wildman–Crippen LogP) is 0.560. The van der Waals surface area contributed by atoms with Crippen LogP contribution in [0.15, 0.2) is 4.79 Å². The van der Waals surface area contributed by atoms with Crippen molar-refractivity contribution >= 4 is 11.9 Å². The molecule has 19 heavy (non-hydrogen) atoms. The van der Waals surface area contributed by atoms with Gasteiger partial charge in [-0.3, -0.25) is 14.6 Å². The molecule has 2 aliphatic rings. The zero-order chi connectivity index (χ0) is 13.4. The fraction of sp³-hybridized carbons (Fsp3) is 0.615. The summed E-state index contributed by atoms with van der Waals surface area (Å²) in [4.78, 5) is 32.2. The minimum absolute atomic E-state index is 0.0602. The van der Waals surface area contributed by atoms with Gasteiger partial charge in [-0.25, -0.2) is 4.98 Å². The number of aryl methyl sites for hydroxylation is 1. The van der Waals surface area contributed by atoms with Crippen LogP contribution in [0.3, 0.4) is 0 Å². The number of hydrogen-bond donors (Lipinski definition) is 2. The number of carboxylic acid groups (broad SMARTS) is 1. The molecule has 1 fully saturated rings. The molecule has 0 saturated carbocycles. The minimum atomic E-state index is -0.770. The Morgan fingerprint density at radius 2 is 2.21 bits per heavy atom. The molecule has 0 bridgehead atoms. The first kappa shape index (κ1) is 12.2. The third kappa shape index (κ3) is 2.22. The Kier molecular flexibility index (Phi) is 3.00. The highest BCUT2D eigenvalue weighted by Gasteiger charge is 2.27. The van der Waals surface area contributed by atoms with Gasteiger partial charge >= 0.3 is 5.97 Å². The van der Waals surface area contributed by atoms with Crippen LogP contribution in [0, 0.1) is 5.92 Å². The van der Waals surface area contributed by atoms with Crippen molar-refractivity contribution < 1.29 is 9.90 Å². The van der Waals surface area contributed by atoms with Crippen molar-refractivity contribution in [1.29, 1.82) is 0 Å². The van der Waals surface area contributed by atoms with Crippen LogP contribution < -0.4 is 10.5 Å². The lowest BCUT2D eigenvalue weighted by Gasteiger charge is -2.31. The lowest BCUT2D eigenvalue weighted by atomic mass is 9.99. The number of aromatic amines is 1. The number of aromatic nitrogens is 2. The number of piperidine rings is 1. The fourth-order valence-electron chi connectivity index (χ4n) is 2.95. The average Bonchev–Trinajstić information content (AvgIpc) is 2.87. The molecule has 1 aliphatic heterocycles. The molecule has 2 N–H and O–H groups in total. The van der Waals surface area contributed by atoms with Gasteiger partial charge in [0.1, 0.15) is 0 Å². The van der Waals surface area contributed by atoms with Crippen molar-refractivity contribution in [2.75, 3.05) is 18.0 Å². The number of carboxylic acids is 1. The van der Waals surface area contributed by atoms with Crippen LogP contribution in [0.5, 0.6) is 0 Å². The number of aliphatic carboxylic acids is 1. The standard InChI is InChI=1S/C13H17N3O3/c17-11-9-4-1-5-10(9)14-13(15-11)16-6-2-3-8(7-16)12(18)19/h8H,1-7H2,(H,18,19)(H,14,15,17)/t8-/m0/s1. The summed E-state index contributed by atoms with van der Waals surface area (Å²) < 4.78 is 0. The molecule has 1 atom stereocenters. The number of nitrogens with zero attached hydrogens (tertiary/aromatic N) is 2. The molecule has 0 aromatic carbocycles. The van der Waals surface area contributed by atoms with Gasteiger partial charge in [0.05, 0.1) is 11.6 Å². The molecule has 1 aliphatic carbocycles. The summed E-state index contributed by atoms with van der Waals surface area (Å²) in [6, 6.07) is 0. The van der Waals surface area contributed by atoms with Crippen molar-refractivity contribution in [2.24, 2.45) is 5.92 Å². The summed E-state index contributed by atoms with van der Waals surface area (Å²) in [5.74, 6) is -0.600. The van der Waals surface area contributed by atoms with Gasteiger partial charge in [-0.1, -0.05) is 0 Å². The molecule has 102 valence electrons. The van der Waals surface area contributed by atoms with E-state index in [1.165, 1.54) is 0 Å². The Labute approximate surface area is 110 Å². The van der Waals surface area contributed by atoms with E-state index in [0.29, 0.717) is 18.9 Å². The number of carbonyl (C=O) groups is 1. The summed E-state index contributed by atoms with van der Waals surface area (Å²) in [5, 5.41) is 9.09. The Bertz CT molecular complexity index is 567. The van der Waals surface area contributed by atoms with Crippen LogP contribution in [-0.2, 0) is 17.6 Å². The Hall–Kier alpha value is -1.85. The van der Waals surface area contributed by atoms with E-state index in [4.69, 9.17) is 5.11 Å². The van der Waals surface area contributed by atoms with Gasteiger partial charge < -0.3 is 10.0 Å². The first-order chi connectivity index (χ1) is 9.15. The molecule has 0 radical (unpaired) electrons. The van der Waals surface area contributed by atoms with Crippen LogP contribution in [0.2, 0.25) is 0 Å². The molecule has 6 nitrogen and oxygen atoms in total. The number of anilines is 1. The molecule has 1 aromatic rings. The van der Waals surface area contributed by atoms with Gasteiger partial charge in [0.2, 0.25) is 5.95 Å². The monoisotopic (exact) mass is 263 g/mol. The topological polar surface area (TPSA) is 86.3 Å². The minimum Gasteiger partial charge on any atom is -0.481 e. The Morgan fingerprint density at radius 1 is 1.37 bits per heavy atom. The first-order valence-corrected chi connectivity index (χ1v) is 6.75. The van der Waals surface area contributed by atoms with Gasteiger partial charge in [-0.2, -0.15) is 0 Å². The van der Waals surface area contributed by atoms with Crippen molar-refractivity contribution in [3.05, 3.63) is 21.6 Å². The summed E-state index contributed by atoms with van der Waals surface area (Å²) in [7, 11) is 0. The van der Waals surface area contributed by atoms with E-state index in [1.54, 1.807) is 0 Å². The SMILES string of the molecule is O=C(O)[C@H]1CCCN(c2nc3c(c(=O)[nH]2)CCC3)C1. The molecule has 3 rings (SSSR count). The maximum Gasteiger partial charge on any atom is 0.308 e. The normalized spacial score (nSPS) is 22.3. The lowest BCUT2D eigenvalue weighted by Crippen LogP contribution is -2.40. The van der Waals surface area contributed by atoms with E-state index in [-0.39, 0.29) is 11.5 Å². The largest absolute Gasteiger partial charge is 0.481 e. The predicted molar refractivity (Wildman–Crippen MR) is 69.5 cm³/mol. The van der Waals surface area contributed by atoms with Gasteiger partial charge in [0.25, 0.3) is 5.56 Å². The van der Waals surface area contributed by atoms with Crippen molar-refractivity contribution in [1.82, 2.24) is 9.97 Å². The van der Waals surface area contributed by atoms with E-state index < -0.39 is 5.97 Å². The number of H-pyrrole nitrogens is 1. The van der Waals surface area contributed by atoms with Crippen molar-refractivity contribution in [2.45, 2.75) is 32.1 Å². The summed E-state index contributed by atoms with van der Waals surface area (Å²) in [6.07, 6.45) is 4.14. The van der Waals surface area contributed by atoms with E-state index in [0.717, 1.165) is 43.5 Å². The second kappa shape index (κ2) is 4.68. The highest BCUT2D eigenvalue weighted by atomic mass is 16.4. The summed E-state index contributed by atoms with van der Waals surface area (Å²) in [6.45, 7) is 1.18. The first-order valence-electron chi connectivity index (χ1n) is 6.75. The molecule has 1 aromatic heterocycles. The second-order valence-electron chi connectivity index (χ2n) is 5.29. The number of rotatable bonds is 2. The summed E-state index contributed by atoms with van der Waals surface area (Å²) in [5.41, 5.74) is 1.63. The molecule has 1 saturated heterocycles. The Balaban J connectivity index is 1.88. The second-order valence-corrected chi connectivity index (χ2v) is 5.29.